The van der Waals surface area contributed by atoms with Gasteiger partial charge in [-0.3, -0.25) is 14.7 Å². The number of nitrogens with zero attached hydrogens (tertiary/aromatic N) is 3. The highest BCUT2D eigenvalue weighted by Gasteiger charge is 2.40. The van der Waals surface area contributed by atoms with E-state index in [2.05, 4.69) is 33.1 Å². The molecule has 0 bridgehead atoms. The summed E-state index contributed by atoms with van der Waals surface area (Å²) in [6.45, 7) is 7.59. The number of hydrogen-bond acceptors (Lipinski definition) is 4. The number of carbonyl (C=O) groups is 1. The summed E-state index contributed by atoms with van der Waals surface area (Å²) >= 11 is 0. The molecule has 3 heterocycles. The first-order valence-electron chi connectivity index (χ1n) is 8.89. The quantitative estimate of drug-likeness (QED) is 0.917. The molecule has 1 atom stereocenters. The lowest BCUT2D eigenvalue weighted by Crippen LogP contribution is -2.62. The number of amides is 1. The highest BCUT2D eigenvalue weighted by atomic mass is 16.2. The van der Waals surface area contributed by atoms with E-state index < -0.39 is 0 Å². The fourth-order valence-electron chi connectivity index (χ4n) is 3.76. The number of carbonyl (C=O) groups excluding carboxylic acids is 1. The first kappa shape index (κ1) is 16.4. The van der Waals surface area contributed by atoms with E-state index in [1.54, 1.807) is 0 Å². The minimum Gasteiger partial charge on any atom is -0.339 e. The maximum Gasteiger partial charge on any atom is 0.242 e. The Morgan fingerprint density at radius 1 is 1.30 bits per heavy atom. The van der Waals surface area contributed by atoms with Crippen molar-refractivity contribution in [1.82, 2.24) is 20.1 Å². The van der Waals surface area contributed by atoms with Crippen molar-refractivity contribution >= 4 is 5.91 Å². The van der Waals surface area contributed by atoms with Crippen LogP contribution < -0.4 is 5.32 Å². The lowest BCUT2D eigenvalue weighted by Gasteiger charge is -2.43. The van der Waals surface area contributed by atoms with Crippen molar-refractivity contribution in [3.63, 3.8) is 0 Å². The van der Waals surface area contributed by atoms with E-state index in [0.717, 1.165) is 58.5 Å². The molecule has 2 aliphatic heterocycles. The number of piperazine rings is 1. The van der Waals surface area contributed by atoms with Crippen molar-refractivity contribution in [3.8, 4) is 0 Å². The number of hydrogen-bond donors (Lipinski definition) is 1. The van der Waals surface area contributed by atoms with Gasteiger partial charge in [-0.25, -0.2) is 0 Å². The average Bonchev–Trinajstić information content (AvgIpc) is 2.63. The minimum atomic E-state index is -0.302. The standard InChI is InChI=1S/C18H28N4O/c1-2-18(7-3-4-9-20-18)17(23)22-12-10-21(11-13-22)15-16-6-5-8-19-14-16/h5-6,8,14,20H,2-4,7,9-13,15H2,1H3/t18-/m0/s1. The Morgan fingerprint density at radius 2 is 2.13 bits per heavy atom. The van der Waals surface area contributed by atoms with Gasteiger partial charge in [0, 0.05) is 45.1 Å². The Kier molecular flexibility index (Phi) is 5.28. The van der Waals surface area contributed by atoms with Crippen molar-refractivity contribution in [3.05, 3.63) is 30.1 Å². The van der Waals surface area contributed by atoms with Gasteiger partial charge in [0.2, 0.25) is 5.91 Å². The van der Waals surface area contributed by atoms with Gasteiger partial charge in [-0.05, 0) is 43.9 Å². The van der Waals surface area contributed by atoms with Gasteiger partial charge in [0.15, 0.2) is 0 Å². The van der Waals surface area contributed by atoms with Crippen LogP contribution in [0.5, 0.6) is 0 Å². The zero-order valence-corrected chi connectivity index (χ0v) is 14.1. The van der Waals surface area contributed by atoms with E-state index in [4.69, 9.17) is 0 Å². The SMILES string of the molecule is CC[C@@]1(C(=O)N2CCN(Cc3cccnc3)CC2)CCCCN1. The summed E-state index contributed by atoms with van der Waals surface area (Å²) in [5, 5.41) is 3.52. The molecule has 1 aromatic rings. The number of nitrogens with one attached hydrogen (secondary N) is 1. The van der Waals surface area contributed by atoms with Gasteiger partial charge in [-0.1, -0.05) is 13.0 Å². The largest absolute Gasteiger partial charge is 0.339 e. The van der Waals surface area contributed by atoms with E-state index in [1.165, 1.54) is 12.0 Å². The molecular formula is C18H28N4O. The van der Waals surface area contributed by atoms with E-state index in [9.17, 15) is 4.79 Å². The van der Waals surface area contributed by atoms with Crippen LogP contribution in [0.1, 0.15) is 38.2 Å². The molecule has 1 aromatic heterocycles. The molecule has 126 valence electrons. The normalized spacial score (nSPS) is 26.2. The van der Waals surface area contributed by atoms with Crippen molar-refractivity contribution in [2.45, 2.75) is 44.7 Å². The van der Waals surface area contributed by atoms with Crippen molar-refractivity contribution in [1.29, 1.82) is 0 Å². The zero-order chi connectivity index (χ0) is 16.1. The summed E-state index contributed by atoms with van der Waals surface area (Å²) in [6.07, 6.45) is 7.96. The lowest BCUT2D eigenvalue weighted by molar-refractivity contribution is -0.141. The van der Waals surface area contributed by atoms with Crippen LogP contribution in [0.3, 0.4) is 0 Å². The molecule has 5 heteroatoms. The molecule has 2 saturated heterocycles. The molecule has 0 unspecified atom stereocenters. The highest BCUT2D eigenvalue weighted by molar-refractivity contribution is 5.86. The van der Waals surface area contributed by atoms with Gasteiger partial charge in [-0.15, -0.1) is 0 Å². The highest BCUT2D eigenvalue weighted by Crippen LogP contribution is 2.26. The maximum atomic E-state index is 13.0. The number of aromatic nitrogens is 1. The van der Waals surface area contributed by atoms with Crippen LogP contribution in [0.2, 0.25) is 0 Å². The Bertz CT molecular complexity index is 505. The predicted molar refractivity (Wildman–Crippen MR) is 91.0 cm³/mol. The van der Waals surface area contributed by atoms with Gasteiger partial charge >= 0.3 is 0 Å². The molecule has 3 rings (SSSR count). The second kappa shape index (κ2) is 7.41. The number of rotatable bonds is 4. The first-order valence-corrected chi connectivity index (χ1v) is 8.89. The molecule has 2 fully saturated rings. The molecule has 0 aliphatic carbocycles. The molecule has 0 saturated carbocycles. The van der Waals surface area contributed by atoms with Crippen molar-refractivity contribution in [2.24, 2.45) is 0 Å². The third-order valence-electron chi connectivity index (χ3n) is 5.30. The molecule has 0 spiro atoms. The Morgan fingerprint density at radius 3 is 2.74 bits per heavy atom. The third kappa shape index (κ3) is 3.72. The van der Waals surface area contributed by atoms with Crippen LogP contribution in [0.15, 0.2) is 24.5 Å². The first-order chi connectivity index (χ1) is 11.2. The van der Waals surface area contributed by atoms with E-state index in [0.29, 0.717) is 5.91 Å². The molecule has 5 nitrogen and oxygen atoms in total. The molecule has 0 aromatic carbocycles. The van der Waals surface area contributed by atoms with Crippen molar-refractivity contribution < 1.29 is 4.79 Å². The number of pyridine rings is 1. The van der Waals surface area contributed by atoms with Crippen LogP contribution in [-0.4, -0.2) is 59.0 Å². The van der Waals surface area contributed by atoms with Crippen LogP contribution >= 0.6 is 0 Å². The molecule has 1 amide bonds. The summed E-state index contributed by atoms with van der Waals surface area (Å²) in [4.78, 5) is 21.7. The smallest absolute Gasteiger partial charge is 0.242 e. The third-order valence-corrected chi connectivity index (χ3v) is 5.30. The molecule has 1 N–H and O–H groups in total. The van der Waals surface area contributed by atoms with Crippen LogP contribution in [0, 0.1) is 0 Å². The predicted octanol–water partition coefficient (Wildman–Crippen LogP) is 1.65. The summed E-state index contributed by atoms with van der Waals surface area (Å²) in [7, 11) is 0. The fraction of sp³-hybridized carbons (Fsp3) is 0.667. The zero-order valence-electron chi connectivity index (χ0n) is 14.1. The Balaban J connectivity index is 1.55. The van der Waals surface area contributed by atoms with Gasteiger partial charge < -0.3 is 10.2 Å². The topological polar surface area (TPSA) is 48.5 Å². The van der Waals surface area contributed by atoms with Crippen molar-refractivity contribution in [2.75, 3.05) is 32.7 Å². The maximum absolute atomic E-state index is 13.0. The summed E-state index contributed by atoms with van der Waals surface area (Å²) < 4.78 is 0. The Hall–Kier alpha value is -1.46. The lowest BCUT2D eigenvalue weighted by atomic mass is 9.85. The molecule has 23 heavy (non-hydrogen) atoms. The monoisotopic (exact) mass is 316 g/mol. The van der Waals surface area contributed by atoms with E-state index >= 15 is 0 Å². The summed E-state index contributed by atoms with van der Waals surface area (Å²) in [6, 6.07) is 4.09. The van der Waals surface area contributed by atoms with Gasteiger partial charge in [-0.2, -0.15) is 0 Å². The van der Waals surface area contributed by atoms with Gasteiger partial charge in [0.1, 0.15) is 0 Å². The molecule has 0 radical (unpaired) electrons. The average molecular weight is 316 g/mol. The van der Waals surface area contributed by atoms with Gasteiger partial charge in [0.05, 0.1) is 5.54 Å². The van der Waals surface area contributed by atoms with Gasteiger partial charge in [0.25, 0.3) is 0 Å². The second-order valence-corrected chi connectivity index (χ2v) is 6.75. The van der Waals surface area contributed by atoms with Crippen LogP contribution in [-0.2, 0) is 11.3 Å². The second-order valence-electron chi connectivity index (χ2n) is 6.75. The van der Waals surface area contributed by atoms with E-state index in [1.807, 2.05) is 18.5 Å². The Labute approximate surface area is 139 Å². The van der Waals surface area contributed by atoms with Crippen LogP contribution in [0.25, 0.3) is 0 Å². The van der Waals surface area contributed by atoms with Crippen LogP contribution in [0.4, 0.5) is 0 Å². The number of piperidine rings is 1. The summed E-state index contributed by atoms with van der Waals surface area (Å²) in [5.74, 6) is 0.320. The molecule has 2 aliphatic rings. The summed E-state index contributed by atoms with van der Waals surface area (Å²) in [5.41, 5.74) is 0.940. The minimum absolute atomic E-state index is 0.302. The van der Waals surface area contributed by atoms with E-state index in [-0.39, 0.29) is 5.54 Å². The fourth-order valence-corrected chi connectivity index (χ4v) is 3.76. The molecular weight excluding hydrogens is 288 g/mol.